The van der Waals surface area contributed by atoms with Crippen molar-refractivity contribution in [3.05, 3.63) is 0 Å². The number of hydrogen-bond acceptors (Lipinski definition) is 4. The van der Waals surface area contributed by atoms with Crippen LogP contribution in [0, 0.1) is 0 Å². The summed E-state index contributed by atoms with van der Waals surface area (Å²) in [5.41, 5.74) is 0. The topological polar surface area (TPSA) is 38.7 Å². The van der Waals surface area contributed by atoms with Crippen LogP contribution in [0.5, 0.6) is 0 Å². The van der Waals surface area contributed by atoms with Crippen LogP contribution in [-0.4, -0.2) is 72.4 Å². The first-order valence-electron chi connectivity index (χ1n) is 7.68. The van der Waals surface area contributed by atoms with Crippen molar-refractivity contribution in [2.24, 2.45) is 0 Å². The summed E-state index contributed by atoms with van der Waals surface area (Å²) in [7, 11) is 0. The molecular formula is C14H27N3O. The third-order valence-electron chi connectivity index (χ3n) is 4.67. The number of rotatable bonds is 5. The van der Waals surface area contributed by atoms with E-state index in [1.54, 1.807) is 0 Å². The Kier molecular flexibility index (Phi) is 4.19. The first-order chi connectivity index (χ1) is 8.85. The minimum atomic E-state index is 0.279. The molecule has 104 valence electrons. The lowest BCUT2D eigenvalue weighted by molar-refractivity contribution is 0.0405. The number of fused-ring (bicyclic) bond motifs is 1. The van der Waals surface area contributed by atoms with E-state index in [-0.39, 0.29) is 12.6 Å². The highest BCUT2D eigenvalue weighted by molar-refractivity contribution is 4.89. The molecule has 3 rings (SSSR count). The smallest absolute Gasteiger partial charge is 0.0597 e. The molecule has 1 aliphatic carbocycles. The Balaban J connectivity index is 1.47. The second kappa shape index (κ2) is 5.87. The second-order valence-electron chi connectivity index (χ2n) is 6.27. The van der Waals surface area contributed by atoms with E-state index in [2.05, 4.69) is 15.1 Å². The SMILES string of the molecule is OCC(CN1CCN2CCCCC2C1)NC1CC1. The number of hydrogen-bond donors (Lipinski definition) is 2. The van der Waals surface area contributed by atoms with Crippen molar-refractivity contribution < 1.29 is 5.11 Å². The molecule has 0 aromatic carbocycles. The third kappa shape index (κ3) is 3.23. The van der Waals surface area contributed by atoms with Crippen LogP contribution in [0.25, 0.3) is 0 Å². The Bertz CT molecular complexity index is 270. The number of piperidine rings is 1. The van der Waals surface area contributed by atoms with Crippen molar-refractivity contribution in [3.63, 3.8) is 0 Å². The Morgan fingerprint density at radius 3 is 2.78 bits per heavy atom. The summed E-state index contributed by atoms with van der Waals surface area (Å²) in [6.07, 6.45) is 6.76. The molecule has 2 heterocycles. The highest BCUT2D eigenvalue weighted by Gasteiger charge is 2.31. The Labute approximate surface area is 110 Å². The predicted molar refractivity (Wildman–Crippen MR) is 72.7 cm³/mol. The standard InChI is InChI=1S/C14H27N3O/c18-11-13(15-12-4-5-12)9-16-7-8-17-6-2-1-3-14(17)10-16/h12-15,18H,1-11H2. The van der Waals surface area contributed by atoms with Crippen LogP contribution in [0.1, 0.15) is 32.1 Å². The normalized spacial score (nSPS) is 32.2. The molecule has 0 spiro atoms. The lowest BCUT2D eigenvalue weighted by atomic mass is 9.99. The Hall–Kier alpha value is -0.160. The van der Waals surface area contributed by atoms with Crippen LogP contribution in [-0.2, 0) is 0 Å². The molecule has 2 unspecified atom stereocenters. The minimum absolute atomic E-state index is 0.279. The van der Waals surface area contributed by atoms with Gasteiger partial charge in [-0.25, -0.2) is 0 Å². The minimum Gasteiger partial charge on any atom is -0.395 e. The number of aliphatic hydroxyl groups excluding tert-OH is 1. The monoisotopic (exact) mass is 253 g/mol. The second-order valence-corrected chi connectivity index (χ2v) is 6.27. The van der Waals surface area contributed by atoms with Crippen LogP contribution < -0.4 is 5.32 Å². The number of nitrogens with one attached hydrogen (secondary N) is 1. The average Bonchev–Trinajstić information content (AvgIpc) is 3.22. The molecule has 2 aliphatic heterocycles. The first-order valence-corrected chi connectivity index (χ1v) is 7.68. The van der Waals surface area contributed by atoms with Gasteiger partial charge in [-0.15, -0.1) is 0 Å². The van der Waals surface area contributed by atoms with Crippen molar-refractivity contribution in [2.75, 3.05) is 39.3 Å². The van der Waals surface area contributed by atoms with Crippen LogP contribution in [0.15, 0.2) is 0 Å². The lowest BCUT2D eigenvalue weighted by Crippen LogP contribution is -2.57. The predicted octanol–water partition coefficient (Wildman–Crippen LogP) is 0.269. The van der Waals surface area contributed by atoms with E-state index in [0.717, 1.165) is 12.6 Å². The van der Waals surface area contributed by atoms with Crippen LogP contribution >= 0.6 is 0 Å². The molecule has 3 aliphatic rings. The lowest BCUT2D eigenvalue weighted by Gasteiger charge is -2.44. The molecule has 0 bridgehead atoms. The molecule has 0 amide bonds. The summed E-state index contributed by atoms with van der Waals surface area (Å²) in [6, 6.07) is 1.76. The number of aliphatic hydroxyl groups is 1. The molecule has 0 radical (unpaired) electrons. The van der Waals surface area contributed by atoms with Crippen LogP contribution in [0.4, 0.5) is 0 Å². The van der Waals surface area contributed by atoms with Gasteiger partial charge >= 0.3 is 0 Å². The highest BCUT2D eigenvalue weighted by atomic mass is 16.3. The summed E-state index contributed by atoms with van der Waals surface area (Å²) >= 11 is 0. The van der Waals surface area contributed by atoms with E-state index < -0.39 is 0 Å². The molecular weight excluding hydrogens is 226 g/mol. The molecule has 0 aromatic rings. The fourth-order valence-electron chi connectivity index (χ4n) is 3.44. The number of nitrogens with zero attached hydrogens (tertiary/aromatic N) is 2. The van der Waals surface area contributed by atoms with Gasteiger partial charge in [-0.1, -0.05) is 6.42 Å². The van der Waals surface area contributed by atoms with Gasteiger partial charge in [0.15, 0.2) is 0 Å². The van der Waals surface area contributed by atoms with E-state index in [9.17, 15) is 5.11 Å². The highest BCUT2D eigenvalue weighted by Crippen LogP contribution is 2.22. The summed E-state index contributed by atoms with van der Waals surface area (Å²) in [5.74, 6) is 0. The van der Waals surface area contributed by atoms with Gasteiger partial charge in [-0.05, 0) is 32.2 Å². The number of piperazine rings is 1. The van der Waals surface area contributed by atoms with Crippen molar-refractivity contribution in [3.8, 4) is 0 Å². The van der Waals surface area contributed by atoms with Crippen molar-refractivity contribution >= 4 is 0 Å². The quantitative estimate of drug-likeness (QED) is 0.738. The zero-order valence-corrected chi connectivity index (χ0v) is 11.4. The van der Waals surface area contributed by atoms with Gasteiger partial charge in [-0.2, -0.15) is 0 Å². The van der Waals surface area contributed by atoms with Gasteiger partial charge in [0.1, 0.15) is 0 Å². The van der Waals surface area contributed by atoms with Gasteiger partial charge in [0, 0.05) is 44.3 Å². The molecule has 4 nitrogen and oxygen atoms in total. The van der Waals surface area contributed by atoms with E-state index in [1.165, 1.54) is 58.3 Å². The van der Waals surface area contributed by atoms with Crippen molar-refractivity contribution in [2.45, 2.75) is 50.2 Å². The third-order valence-corrected chi connectivity index (χ3v) is 4.67. The summed E-state index contributed by atoms with van der Waals surface area (Å²) < 4.78 is 0. The van der Waals surface area contributed by atoms with Crippen molar-refractivity contribution in [1.29, 1.82) is 0 Å². The van der Waals surface area contributed by atoms with Crippen LogP contribution in [0.3, 0.4) is 0 Å². The van der Waals surface area contributed by atoms with Crippen molar-refractivity contribution in [1.82, 2.24) is 15.1 Å². The molecule has 4 heteroatoms. The van der Waals surface area contributed by atoms with Gasteiger partial charge in [0.25, 0.3) is 0 Å². The van der Waals surface area contributed by atoms with Gasteiger partial charge < -0.3 is 10.4 Å². The first kappa shape index (κ1) is 12.9. The molecule has 1 saturated carbocycles. The Morgan fingerprint density at radius 1 is 1.11 bits per heavy atom. The molecule has 2 N–H and O–H groups in total. The fraction of sp³-hybridized carbons (Fsp3) is 1.00. The maximum absolute atomic E-state index is 9.47. The maximum Gasteiger partial charge on any atom is 0.0597 e. The summed E-state index contributed by atoms with van der Waals surface area (Å²) in [5, 5.41) is 13.0. The fourth-order valence-corrected chi connectivity index (χ4v) is 3.44. The molecule has 2 atom stereocenters. The molecule has 2 saturated heterocycles. The molecule has 3 fully saturated rings. The van der Waals surface area contributed by atoms with E-state index in [0.29, 0.717) is 6.04 Å². The van der Waals surface area contributed by atoms with E-state index in [4.69, 9.17) is 0 Å². The van der Waals surface area contributed by atoms with Gasteiger partial charge in [0.2, 0.25) is 0 Å². The maximum atomic E-state index is 9.47. The average molecular weight is 253 g/mol. The molecule has 18 heavy (non-hydrogen) atoms. The van der Waals surface area contributed by atoms with Gasteiger partial charge in [0.05, 0.1) is 6.61 Å². The summed E-state index contributed by atoms with van der Waals surface area (Å²) in [6.45, 7) is 6.23. The van der Waals surface area contributed by atoms with Gasteiger partial charge in [-0.3, -0.25) is 9.80 Å². The Morgan fingerprint density at radius 2 is 2.00 bits per heavy atom. The molecule has 0 aromatic heterocycles. The zero-order chi connectivity index (χ0) is 12.4. The summed E-state index contributed by atoms with van der Waals surface area (Å²) in [4.78, 5) is 5.23. The van der Waals surface area contributed by atoms with Crippen LogP contribution in [0.2, 0.25) is 0 Å². The van der Waals surface area contributed by atoms with E-state index in [1.807, 2.05) is 0 Å². The van der Waals surface area contributed by atoms with E-state index >= 15 is 0 Å². The largest absolute Gasteiger partial charge is 0.395 e. The zero-order valence-electron chi connectivity index (χ0n) is 11.4.